The van der Waals surface area contributed by atoms with Gasteiger partial charge in [-0.15, -0.1) is 16.9 Å². The van der Waals surface area contributed by atoms with Crippen molar-refractivity contribution in [1.29, 1.82) is 0 Å². The quantitative estimate of drug-likeness (QED) is 0.365. The third kappa shape index (κ3) is 6.96. The molecule has 0 saturated carbocycles. The van der Waals surface area contributed by atoms with Crippen LogP contribution in [0.5, 0.6) is 0 Å². The number of aliphatic hydroxyl groups is 1. The number of rotatable bonds is 8. The van der Waals surface area contributed by atoms with Crippen LogP contribution in [0.4, 0.5) is 0 Å². The number of aromatic nitrogens is 3. The van der Waals surface area contributed by atoms with Gasteiger partial charge in [0.1, 0.15) is 0 Å². The van der Waals surface area contributed by atoms with E-state index >= 15 is 0 Å². The first kappa shape index (κ1) is 24.6. The number of nitrogens with zero attached hydrogens (tertiary/aromatic N) is 4. The Morgan fingerprint density at radius 2 is 2.17 bits per heavy atom. The summed E-state index contributed by atoms with van der Waals surface area (Å²) in [5, 5.41) is 22.7. The van der Waals surface area contributed by atoms with E-state index in [2.05, 4.69) is 29.1 Å². The normalized spacial score (nSPS) is 23.8. The largest absolute Gasteiger partial charge is 0.389 e. The topological polar surface area (TPSA) is 84.6 Å². The van der Waals surface area contributed by atoms with Gasteiger partial charge in [0.15, 0.2) is 11.5 Å². The van der Waals surface area contributed by atoms with Gasteiger partial charge in [0.05, 0.1) is 35.5 Å². The summed E-state index contributed by atoms with van der Waals surface area (Å²) in [6, 6.07) is 0.113. The van der Waals surface area contributed by atoms with E-state index in [1.54, 1.807) is 11.8 Å². The summed E-state index contributed by atoms with van der Waals surface area (Å²) >= 11 is 1.69. The van der Waals surface area contributed by atoms with Crippen molar-refractivity contribution >= 4 is 17.6 Å². The molecule has 168 valence electrons. The van der Waals surface area contributed by atoms with Crippen LogP contribution in [-0.2, 0) is 4.74 Å². The van der Waals surface area contributed by atoms with E-state index in [1.807, 2.05) is 37.6 Å². The fourth-order valence-corrected chi connectivity index (χ4v) is 4.04. The summed E-state index contributed by atoms with van der Waals surface area (Å²) in [6.07, 6.45) is 8.46. The van der Waals surface area contributed by atoms with E-state index in [-0.39, 0.29) is 18.2 Å². The molecule has 1 aliphatic carbocycles. The number of hydrogen-bond donors (Lipinski definition) is 2. The Morgan fingerprint density at radius 1 is 1.37 bits per heavy atom. The summed E-state index contributed by atoms with van der Waals surface area (Å²) in [5.41, 5.74) is 1.70. The Morgan fingerprint density at radius 3 is 2.80 bits per heavy atom. The lowest BCUT2D eigenvalue weighted by atomic mass is 10.0. The Balaban J connectivity index is 0.00000155. The fraction of sp³-hybridized carbons (Fsp3) is 0.682. The fourth-order valence-electron chi connectivity index (χ4n) is 3.42. The van der Waals surface area contributed by atoms with Gasteiger partial charge in [-0.1, -0.05) is 44.7 Å². The average Bonchev–Trinajstić information content (AvgIpc) is 3.41. The number of allylic oxidation sites excluding steroid dienone is 1. The third-order valence-electron chi connectivity index (χ3n) is 4.99. The highest BCUT2D eigenvalue weighted by molar-refractivity contribution is 8.03. The number of amidine groups is 1. The van der Waals surface area contributed by atoms with Crippen LogP contribution in [0, 0.1) is 6.92 Å². The predicted molar refractivity (Wildman–Crippen MR) is 125 cm³/mol. The van der Waals surface area contributed by atoms with Gasteiger partial charge < -0.3 is 15.2 Å². The first-order chi connectivity index (χ1) is 14.6. The van der Waals surface area contributed by atoms with Gasteiger partial charge in [-0.25, -0.2) is 4.68 Å². The van der Waals surface area contributed by atoms with Crippen molar-refractivity contribution in [3.05, 3.63) is 35.1 Å². The molecule has 0 aromatic carbocycles. The number of aliphatic hydroxyl groups excluding tert-OH is 1. The van der Waals surface area contributed by atoms with Crippen molar-refractivity contribution in [2.45, 2.75) is 78.0 Å². The molecule has 1 saturated heterocycles. The van der Waals surface area contributed by atoms with Crippen LogP contribution in [0.15, 0.2) is 28.8 Å². The Kier molecular flexibility index (Phi) is 10.6. The highest BCUT2D eigenvalue weighted by Gasteiger charge is 2.23. The van der Waals surface area contributed by atoms with E-state index in [0.717, 1.165) is 60.9 Å². The van der Waals surface area contributed by atoms with Crippen molar-refractivity contribution in [3.8, 4) is 0 Å². The van der Waals surface area contributed by atoms with Crippen molar-refractivity contribution in [2.24, 2.45) is 4.99 Å². The summed E-state index contributed by atoms with van der Waals surface area (Å²) in [5.74, 6) is 1.71. The van der Waals surface area contributed by atoms with Crippen LogP contribution in [0.25, 0.3) is 0 Å². The third-order valence-corrected chi connectivity index (χ3v) is 6.06. The second-order valence-electron chi connectivity index (χ2n) is 7.29. The molecule has 1 fully saturated rings. The summed E-state index contributed by atoms with van der Waals surface area (Å²) in [4.78, 5) is 4.79. The highest BCUT2D eigenvalue weighted by atomic mass is 32.2. The minimum Gasteiger partial charge on any atom is -0.389 e. The first-order valence-corrected chi connectivity index (χ1v) is 12.1. The molecule has 0 unspecified atom stereocenters. The molecule has 30 heavy (non-hydrogen) atoms. The van der Waals surface area contributed by atoms with Crippen LogP contribution in [-0.4, -0.2) is 57.0 Å². The molecule has 3 atom stereocenters. The number of nitrogens with one attached hydrogen (secondary N) is 1. The van der Waals surface area contributed by atoms with Crippen molar-refractivity contribution in [1.82, 2.24) is 20.3 Å². The monoisotopic (exact) mass is 435 g/mol. The minimum atomic E-state index is -0.358. The van der Waals surface area contributed by atoms with Gasteiger partial charge in [0, 0.05) is 6.61 Å². The van der Waals surface area contributed by atoms with E-state index in [9.17, 15) is 5.11 Å². The van der Waals surface area contributed by atoms with Crippen LogP contribution >= 0.6 is 11.8 Å². The maximum atomic E-state index is 9.70. The zero-order chi connectivity index (χ0) is 21.9. The minimum absolute atomic E-state index is 0.113. The smallest absolute Gasteiger partial charge is 0.156 e. The molecule has 1 aromatic heterocycles. The highest BCUT2D eigenvalue weighted by Crippen LogP contribution is 2.24. The second kappa shape index (κ2) is 12.9. The molecule has 0 amide bonds. The van der Waals surface area contributed by atoms with Gasteiger partial charge in [0.2, 0.25) is 0 Å². The van der Waals surface area contributed by atoms with E-state index < -0.39 is 0 Å². The Labute approximate surface area is 185 Å². The zero-order valence-electron chi connectivity index (χ0n) is 18.8. The van der Waals surface area contributed by atoms with Crippen LogP contribution in [0.1, 0.15) is 70.3 Å². The Hall–Kier alpha value is -1.64. The van der Waals surface area contributed by atoms with Crippen molar-refractivity contribution < 1.29 is 9.84 Å². The van der Waals surface area contributed by atoms with E-state index in [4.69, 9.17) is 9.73 Å². The van der Waals surface area contributed by atoms with E-state index in [0.29, 0.717) is 12.4 Å². The second-order valence-corrected chi connectivity index (χ2v) is 8.48. The predicted octanol–water partition coefficient (Wildman–Crippen LogP) is 3.99. The van der Waals surface area contributed by atoms with Gasteiger partial charge in [-0.3, -0.25) is 4.99 Å². The lowest BCUT2D eigenvalue weighted by molar-refractivity contribution is 0.118. The SMILES string of the molecule is C=C(NC(=NC[C@H]1CCCO1)c1nnn([C@@H]2C=C[C@H](O)CC2)c1C)SCCC.CC. The molecule has 2 aliphatic rings. The van der Waals surface area contributed by atoms with Crippen LogP contribution in [0.2, 0.25) is 0 Å². The molecular weight excluding hydrogens is 398 g/mol. The summed E-state index contributed by atoms with van der Waals surface area (Å²) < 4.78 is 7.63. The van der Waals surface area contributed by atoms with Gasteiger partial charge in [-0.2, -0.15) is 0 Å². The summed E-state index contributed by atoms with van der Waals surface area (Å²) in [6.45, 7) is 13.7. The summed E-state index contributed by atoms with van der Waals surface area (Å²) in [7, 11) is 0. The Bertz CT molecular complexity index is 725. The number of thioether (sulfide) groups is 1. The standard InChI is InChI=1S/C20H31N5O2S.C2H6/c1-4-12-28-15(3)22-20(21-13-18-6-5-11-27-18)19-14(2)25(24-23-19)16-7-9-17(26)10-8-16;1-2/h7,9,16-18,26H,3-6,8,10-13H2,1-2H3,(H,21,22);1-2H3/t16-,17+,18-;/m1./s1. The molecule has 0 spiro atoms. The van der Waals surface area contributed by atoms with Crippen molar-refractivity contribution in [3.63, 3.8) is 0 Å². The number of hydrogen-bond acceptors (Lipinski definition) is 6. The molecule has 1 aliphatic heterocycles. The number of ether oxygens (including phenoxy) is 1. The molecule has 0 radical (unpaired) electrons. The molecule has 1 aromatic rings. The molecular formula is C22H37N5O2S. The molecule has 7 nitrogen and oxygen atoms in total. The van der Waals surface area contributed by atoms with Crippen LogP contribution < -0.4 is 5.32 Å². The molecule has 2 heterocycles. The van der Waals surface area contributed by atoms with Gasteiger partial charge >= 0.3 is 0 Å². The van der Waals surface area contributed by atoms with E-state index in [1.165, 1.54) is 0 Å². The molecule has 8 heteroatoms. The molecule has 2 N–H and O–H groups in total. The van der Waals surface area contributed by atoms with Gasteiger partial charge in [-0.05, 0) is 44.8 Å². The molecule has 3 rings (SSSR count). The number of aliphatic imine (C=N–C) groups is 1. The maximum Gasteiger partial charge on any atom is 0.156 e. The van der Waals surface area contributed by atoms with Crippen molar-refractivity contribution in [2.75, 3.05) is 18.9 Å². The average molecular weight is 436 g/mol. The molecule has 0 bridgehead atoms. The zero-order valence-corrected chi connectivity index (χ0v) is 19.6. The van der Waals surface area contributed by atoms with Crippen LogP contribution in [0.3, 0.4) is 0 Å². The maximum absolute atomic E-state index is 9.70. The van der Waals surface area contributed by atoms with Gasteiger partial charge in [0.25, 0.3) is 0 Å². The lowest BCUT2D eigenvalue weighted by Gasteiger charge is -2.20. The lowest BCUT2D eigenvalue weighted by Crippen LogP contribution is -2.26. The first-order valence-electron chi connectivity index (χ1n) is 11.1.